The fourth-order valence-corrected chi connectivity index (χ4v) is 6.96. The zero-order valence-corrected chi connectivity index (χ0v) is 19.0. The van der Waals surface area contributed by atoms with Gasteiger partial charge in [0.2, 0.25) is 5.91 Å². The van der Waals surface area contributed by atoms with Gasteiger partial charge in [0, 0.05) is 13.0 Å². The van der Waals surface area contributed by atoms with Crippen LogP contribution in [0, 0.1) is 23.2 Å². The Hall–Kier alpha value is -2.88. The number of aliphatic hydroxyl groups is 1. The second kappa shape index (κ2) is 9.05. The number of urea groups is 1. The van der Waals surface area contributed by atoms with Crippen LogP contribution in [0.5, 0.6) is 0 Å². The van der Waals surface area contributed by atoms with Crippen molar-refractivity contribution in [3.05, 3.63) is 24.2 Å². The van der Waals surface area contributed by atoms with Crippen molar-refractivity contribution in [2.75, 3.05) is 13.2 Å². The van der Waals surface area contributed by atoms with E-state index >= 15 is 0 Å². The van der Waals surface area contributed by atoms with Crippen molar-refractivity contribution in [2.45, 2.75) is 63.6 Å². The minimum Gasteiger partial charge on any atom is -0.467 e. The summed E-state index contributed by atoms with van der Waals surface area (Å²) in [6.07, 6.45) is 6.93. The Bertz CT molecular complexity index is 924. The Balaban J connectivity index is 1.14. The summed E-state index contributed by atoms with van der Waals surface area (Å²) < 4.78 is 10.2. The smallest absolute Gasteiger partial charge is 0.329 e. The van der Waals surface area contributed by atoms with Gasteiger partial charge in [-0.1, -0.05) is 0 Å². The van der Waals surface area contributed by atoms with Gasteiger partial charge in [0.05, 0.1) is 24.3 Å². The maximum Gasteiger partial charge on any atom is 0.329 e. The Morgan fingerprint density at radius 3 is 2.38 bits per heavy atom. The van der Waals surface area contributed by atoms with Crippen LogP contribution in [0.4, 0.5) is 4.79 Å². The number of furan rings is 1. The molecule has 4 amide bonds. The number of nitrogens with zero attached hydrogens (tertiary/aromatic N) is 1. The zero-order chi connectivity index (χ0) is 23.9. The Labute approximate surface area is 197 Å². The molecule has 1 aromatic rings. The van der Waals surface area contributed by atoms with Crippen LogP contribution in [0.1, 0.15) is 50.7 Å². The van der Waals surface area contributed by atoms with Crippen LogP contribution in [-0.4, -0.2) is 59.1 Å². The lowest BCUT2D eigenvalue weighted by Crippen LogP contribution is -2.56. The molecule has 10 nitrogen and oxygen atoms in total. The summed E-state index contributed by atoms with van der Waals surface area (Å²) in [6, 6.07) is 1.69. The molecule has 34 heavy (non-hydrogen) atoms. The SMILES string of the molecule is O=C(COC(=O)C1CC(O)CN1C(=O)C12CC3CC(CC(C3)C1)C2)NC(=O)NCc1ccco1. The summed E-state index contributed by atoms with van der Waals surface area (Å²) in [6.45, 7) is -0.450. The van der Waals surface area contributed by atoms with E-state index in [1.165, 1.54) is 30.4 Å². The van der Waals surface area contributed by atoms with Crippen LogP contribution in [0.2, 0.25) is 0 Å². The van der Waals surface area contributed by atoms with E-state index < -0.39 is 42.1 Å². The number of ether oxygens (including phenoxy) is 1. The molecule has 1 aromatic heterocycles. The van der Waals surface area contributed by atoms with Gasteiger partial charge >= 0.3 is 12.0 Å². The molecule has 1 aliphatic heterocycles. The molecule has 10 heteroatoms. The van der Waals surface area contributed by atoms with E-state index in [1.54, 1.807) is 12.1 Å². The molecular weight excluding hydrogens is 442 g/mol. The Kier molecular flexibility index (Phi) is 6.09. The van der Waals surface area contributed by atoms with Gasteiger partial charge in [-0.05, 0) is 68.4 Å². The van der Waals surface area contributed by atoms with Crippen molar-refractivity contribution in [1.29, 1.82) is 0 Å². The monoisotopic (exact) mass is 473 g/mol. The molecule has 3 N–H and O–H groups in total. The quantitative estimate of drug-likeness (QED) is 0.530. The van der Waals surface area contributed by atoms with Crippen LogP contribution in [-0.2, 0) is 25.7 Å². The third-order valence-electron chi connectivity index (χ3n) is 7.91. The topological polar surface area (TPSA) is 138 Å². The van der Waals surface area contributed by atoms with Crippen LogP contribution < -0.4 is 10.6 Å². The number of hydrogen-bond acceptors (Lipinski definition) is 7. The van der Waals surface area contributed by atoms with Gasteiger partial charge in [-0.2, -0.15) is 0 Å². The Morgan fingerprint density at radius 2 is 1.76 bits per heavy atom. The predicted molar refractivity (Wildman–Crippen MR) is 117 cm³/mol. The number of carbonyl (C=O) groups excluding carboxylic acids is 4. The second-order valence-corrected chi connectivity index (χ2v) is 10.5. The van der Waals surface area contributed by atoms with Gasteiger partial charge < -0.3 is 24.5 Å². The number of β-amino-alcohol motifs (C(OH)–C–C–N with tert-alkyl or cyclic N) is 1. The van der Waals surface area contributed by atoms with Gasteiger partial charge in [0.15, 0.2) is 6.61 Å². The molecule has 0 spiro atoms. The minimum atomic E-state index is -0.920. The second-order valence-electron chi connectivity index (χ2n) is 10.5. The van der Waals surface area contributed by atoms with Crippen molar-refractivity contribution < 1.29 is 33.4 Å². The molecule has 2 heterocycles. The Morgan fingerprint density at radius 1 is 1.09 bits per heavy atom. The van der Waals surface area contributed by atoms with Crippen LogP contribution in [0.3, 0.4) is 0 Å². The van der Waals surface area contributed by atoms with Crippen molar-refractivity contribution in [3.8, 4) is 0 Å². The van der Waals surface area contributed by atoms with Crippen molar-refractivity contribution >= 4 is 23.8 Å². The molecule has 184 valence electrons. The molecule has 4 aliphatic carbocycles. The first kappa shape index (κ1) is 22.9. The molecular formula is C24H31N3O7. The number of aliphatic hydroxyl groups excluding tert-OH is 1. The van der Waals surface area contributed by atoms with E-state index in [0.717, 1.165) is 19.3 Å². The molecule has 2 atom stereocenters. The number of carbonyl (C=O) groups is 4. The van der Waals surface area contributed by atoms with E-state index in [0.29, 0.717) is 23.5 Å². The lowest BCUT2D eigenvalue weighted by molar-refractivity contribution is -0.166. The van der Waals surface area contributed by atoms with Gasteiger partial charge in [-0.15, -0.1) is 0 Å². The fraction of sp³-hybridized carbons (Fsp3) is 0.667. The summed E-state index contributed by atoms with van der Waals surface area (Å²) in [7, 11) is 0. The molecule has 1 saturated heterocycles. The molecule has 6 rings (SSSR count). The number of hydrogen-bond donors (Lipinski definition) is 3. The van der Waals surface area contributed by atoms with E-state index in [-0.39, 0.29) is 25.4 Å². The average molecular weight is 474 g/mol. The first-order valence-corrected chi connectivity index (χ1v) is 12.1. The number of rotatable bonds is 6. The number of likely N-dealkylation sites (tertiary alicyclic amines) is 1. The molecule has 5 fully saturated rings. The summed E-state index contributed by atoms with van der Waals surface area (Å²) in [5.74, 6) is 0.690. The highest BCUT2D eigenvalue weighted by molar-refractivity contribution is 5.96. The largest absolute Gasteiger partial charge is 0.467 e. The maximum absolute atomic E-state index is 13.7. The fourth-order valence-electron chi connectivity index (χ4n) is 6.96. The maximum atomic E-state index is 13.7. The number of amides is 4. The molecule has 4 bridgehead atoms. The number of esters is 1. The summed E-state index contributed by atoms with van der Waals surface area (Å²) >= 11 is 0. The van der Waals surface area contributed by atoms with Crippen LogP contribution in [0.25, 0.3) is 0 Å². The minimum absolute atomic E-state index is 0.0492. The van der Waals surface area contributed by atoms with E-state index in [9.17, 15) is 24.3 Å². The molecule has 5 aliphatic rings. The van der Waals surface area contributed by atoms with Gasteiger partial charge in [0.1, 0.15) is 11.8 Å². The van der Waals surface area contributed by atoms with Gasteiger partial charge in [-0.25, -0.2) is 9.59 Å². The summed E-state index contributed by atoms with van der Waals surface area (Å²) in [5.41, 5.74) is -0.430. The standard InChI is InChI=1S/C24H31N3O7/c28-17-7-19(21(30)34-13-20(29)26-23(32)25-11-18-2-1-3-33-18)27(12-17)22(31)24-8-14-4-15(9-24)6-16(5-14)10-24/h1-3,14-17,19,28H,4-13H2,(H2,25,26,29,32). The lowest BCUT2D eigenvalue weighted by atomic mass is 9.49. The molecule has 0 aromatic carbocycles. The first-order chi connectivity index (χ1) is 16.3. The first-order valence-electron chi connectivity index (χ1n) is 12.1. The predicted octanol–water partition coefficient (Wildman–Crippen LogP) is 1.33. The highest BCUT2D eigenvalue weighted by Crippen LogP contribution is 2.60. The summed E-state index contributed by atoms with van der Waals surface area (Å²) in [5, 5.41) is 14.8. The van der Waals surface area contributed by atoms with Gasteiger partial charge in [-0.3, -0.25) is 14.9 Å². The van der Waals surface area contributed by atoms with E-state index in [1.807, 2.05) is 0 Å². The van der Waals surface area contributed by atoms with Crippen LogP contribution in [0.15, 0.2) is 22.8 Å². The van der Waals surface area contributed by atoms with E-state index in [4.69, 9.17) is 9.15 Å². The van der Waals surface area contributed by atoms with Gasteiger partial charge in [0.25, 0.3) is 5.91 Å². The molecule has 2 unspecified atom stereocenters. The lowest BCUT2D eigenvalue weighted by Gasteiger charge is -2.56. The molecule has 0 radical (unpaired) electrons. The number of nitrogens with one attached hydrogen (secondary N) is 2. The normalized spacial score (nSPS) is 33.6. The van der Waals surface area contributed by atoms with Crippen molar-refractivity contribution in [1.82, 2.24) is 15.5 Å². The van der Waals surface area contributed by atoms with Crippen LogP contribution >= 0.6 is 0 Å². The highest BCUT2D eigenvalue weighted by Gasteiger charge is 2.57. The zero-order valence-electron chi connectivity index (χ0n) is 19.0. The third-order valence-corrected chi connectivity index (χ3v) is 7.91. The highest BCUT2D eigenvalue weighted by atomic mass is 16.5. The third kappa shape index (κ3) is 4.55. The number of imide groups is 1. The van der Waals surface area contributed by atoms with Crippen molar-refractivity contribution in [3.63, 3.8) is 0 Å². The van der Waals surface area contributed by atoms with E-state index in [2.05, 4.69) is 10.6 Å². The molecule has 4 saturated carbocycles. The average Bonchev–Trinajstić information content (AvgIpc) is 3.44. The summed E-state index contributed by atoms with van der Waals surface area (Å²) in [4.78, 5) is 51.8. The van der Waals surface area contributed by atoms with Crippen molar-refractivity contribution in [2.24, 2.45) is 23.2 Å².